The number of likely N-dealkylation sites (N-methyl/N-ethyl adjacent to an activating group) is 1. The number of rotatable bonds is 7. The van der Waals surface area contributed by atoms with Crippen LogP contribution in [0.25, 0.3) is 0 Å². The molecule has 0 radical (unpaired) electrons. The standard InChI is InChI=1S/C58H94N4O21/c1-34-18-16-14-12-10-8-6-7-9-11-13-15-17-19-41(82-56-53(74)49(51(72)37(4)81-56)59-33-58(78)54(75)52(73)45(69)32-79-58)29-46-48(55(76)60-62-24-22-61(5)23-25-62)44(68)31-57(77,83-46)30-40(65)27-43(67)42(66)21-20-38(63)26-39(64)28-47(70)80-36(3)35(2)50(34)71/h6-19,34-46,48-54,56,59,63-69,71-75,77-78H,20-33H2,1-5H3,(H,60,76)/t34-,35-,36-,37+,38+,39+,40-,41-,42+,43+,44-,45+,46?,48?,49-,50+,51+,52+,53-,54-,56?,57+,58+/m0/s1. The number of allylic oxidation sites excluding steroid dienone is 12. The van der Waals surface area contributed by atoms with Gasteiger partial charge in [-0.05, 0) is 40.2 Å². The van der Waals surface area contributed by atoms with Crippen LogP contribution in [0.2, 0.25) is 0 Å². The number of fused-ring (bicyclic) bond motifs is 2. The Labute approximate surface area is 485 Å². The van der Waals surface area contributed by atoms with Crippen LogP contribution in [-0.2, 0) is 33.3 Å². The highest BCUT2D eigenvalue weighted by molar-refractivity contribution is 5.79. The Bertz CT molecular complexity index is 2200. The van der Waals surface area contributed by atoms with Crippen molar-refractivity contribution in [3.8, 4) is 0 Å². The second-order valence-electron chi connectivity index (χ2n) is 23.0. The number of cyclic esters (lactones) is 1. The van der Waals surface area contributed by atoms with Gasteiger partial charge in [-0.3, -0.25) is 15.0 Å². The van der Waals surface area contributed by atoms with Crippen LogP contribution in [0.1, 0.15) is 79.1 Å². The number of esters is 1. The smallest absolute Gasteiger partial charge is 0.308 e. The lowest BCUT2D eigenvalue weighted by atomic mass is 9.82. The summed E-state index contributed by atoms with van der Waals surface area (Å²) >= 11 is 0. The summed E-state index contributed by atoms with van der Waals surface area (Å²) in [6, 6.07) is -1.34. The Hall–Kier alpha value is -3.72. The van der Waals surface area contributed by atoms with Crippen molar-refractivity contribution in [3.05, 3.63) is 85.1 Å². The highest BCUT2D eigenvalue weighted by Crippen LogP contribution is 2.39. The van der Waals surface area contributed by atoms with Crippen LogP contribution >= 0.6 is 0 Å². The van der Waals surface area contributed by atoms with Gasteiger partial charge < -0.3 is 105 Å². The van der Waals surface area contributed by atoms with Gasteiger partial charge in [0.2, 0.25) is 11.7 Å². The summed E-state index contributed by atoms with van der Waals surface area (Å²) in [6.45, 7) is 7.62. The minimum Gasteiger partial charge on any atom is -0.462 e. The van der Waals surface area contributed by atoms with E-state index in [-0.39, 0.29) is 31.6 Å². The highest BCUT2D eigenvalue weighted by atomic mass is 16.7. The minimum atomic E-state index is -2.47. The van der Waals surface area contributed by atoms with E-state index in [0.717, 1.165) is 0 Å². The Morgan fingerprint density at radius 1 is 0.651 bits per heavy atom. The maximum Gasteiger partial charge on any atom is 0.308 e. The van der Waals surface area contributed by atoms with Gasteiger partial charge in [0.25, 0.3) is 0 Å². The fourth-order valence-electron chi connectivity index (χ4n) is 10.7. The molecule has 472 valence electrons. The average molecular weight is 1180 g/mol. The van der Waals surface area contributed by atoms with E-state index >= 15 is 0 Å². The monoisotopic (exact) mass is 1180 g/mol. The predicted molar refractivity (Wildman–Crippen MR) is 299 cm³/mol. The molecule has 5 aliphatic rings. The molecule has 16 N–H and O–H groups in total. The molecule has 0 spiro atoms. The number of ether oxygens (including phenoxy) is 5. The summed E-state index contributed by atoms with van der Waals surface area (Å²) in [5.74, 6) is -8.41. The molecule has 5 aliphatic heterocycles. The first-order valence-electron chi connectivity index (χ1n) is 28.8. The molecule has 2 bridgehead atoms. The summed E-state index contributed by atoms with van der Waals surface area (Å²) < 4.78 is 29.5. The molecular formula is C58H94N4O21. The van der Waals surface area contributed by atoms with Crippen LogP contribution in [-0.4, -0.2) is 261 Å². The molecule has 4 fully saturated rings. The van der Waals surface area contributed by atoms with Gasteiger partial charge in [-0.25, -0.2) is 5.01 Å². The van der Waals surface area contributed by atoms with Gasteiger partial charge in [0, 0.05) is 63.7 Å². The summed E-state index contributed by atoms with van der Waals surface area (Å²) in [4.78, 5) is 29.1. The first-order chi connectivity index (χ1) is 39.2. The number of carbonyl (C=O) groups excluding carboxylic acids is 2. The summed E-state index contributed by atoms with van der Waals surface area (Å²) in [5, 5.41) is 159. The van der Waals surface area contributed by atoms with Gasteiger partial charge in [0.1, 0.15) is 30.5 Å². The van der Waals surface area contributed by atoms with E-state index in [1.165, 1.54) is 13.0 Å². The third-order valence-electron chi connectivity index (χ3n) is 16.0. The second-order valence-corrected chi connectivity index (χ2v) is 23.0. The van der Waals surface area contributed by atoms with E-state index in [1.807, 2.05) is 20.0 Å². The number of nitrogens with zero attached hydrogens (tertiary/aromatic N) is 2. The van der Waals surface area contributed by atoms with E-state index in [0.29, 0.717) is 26.2 Å². The molecule has 4 saturated heterocycles. The normalized spacial score (nSPS) is 42.7. The predicted octanol–water partition coefficient (Wildman–Crippen LogP) is -2.66. The SMILES string of the molecule is C[C@@H]1[C@H](O)[C@@H](C)C=CC=CC=CC=CC=CC=CC=C[C@H](OC2O[C@H](C)[C@@H](O)[C@H](NC[C@@]3(O)OC[C@@H](O)[C@@H](O)[C@@H]3O)[C@@H]2O)CC2O[C@](O)(C[C@@H](O)C[C@@H](O)[C@H](O)CC[C@@H](O)C[C@@H](O)CC(=O)O[C@H]1C)C[C@H](O)C2C(=O)NN1CCN(C)CC1. The number of carbonyl (C=O) groups is 2. The maximum absolute atomic E-state index is 14.3. The molecule has 5 rings (SSSR count). The Balaban J connectivity index is 1.43. The van der Waals surface area contributed by atoms with Crippen LogP contribution in [0.4, 0.5) is 0 Å². The Morgan fingerprint density at radius 2 is 1.25 bits per heavy atom. The molecule has 25 nitrogen and oxygen atoms in total. The Morgan fingerprint density at radius 3 is 1.88 bits per heavy atom. The van der Waals surface area contributed by atoms with Crippen molar-refractivity contribution in [2.75, 3.05) is 46.4 Å². The molecule has 0 saturated carbocycles. The maximum atomic E-state index is 14.3. The number of nitrogens with one attached hydrogen (secondary N) is 2. The van der Waals surface area contributed by atoms with Crippen molar-refractivity contribution in [1.29, 1.82) is 0 Å². The molecule has 83 heavy (non-hydrogen) atoms. The lowest BCUT2D eigenvalue weighted by Crippen LogP contribution is -2.69. The number of hydrogen-bond acceptors (Lipinski definition) is 24. The third kappa shape index (κ3) is 21.6. The first kappa shape index (κ1) is 70.0. The topological polar surface area (TPSA) is 394 Å². The van der Waals surface area contributed by atoms with Gasteiger partial charge in [-0.1, -0.05) is 98.9 Å². The van der Waals surface area contributed by atoms with Crippen LogP contribution in [0, 0.1) is 17.8 Å². The molecule has 3 unspecified atom stereocenters. The Kier molecular flexibility index (Phi) is 28.2. The van der Waals surface area contributed by atoms with Crippen LogP contribution < -0.4 is 10.7 Å². The number of aliphatic hydroxyl groups is 14. The quantitative estimate of drug-likeness (QED) is 0.116. The molecule has 0 aromatic carbocycles. The van der Waals surface area contributed by atoms with Crippen molar-refractivity contribution >= 4 is 11.9 Å². The summed E-state index contributed by atoms with van der Waals surface area (Å²) in [5.41, 5.74) is 2.86. The number of piperazine rings is 1. The van der Waals surface area contributed by atoms with Gasteiger partial charge in [-0.2, -0.15) is 0 Å². The summed E-state index contributed by atoms with van der Waals surface area (Å²) in [7, 11) is 1.93. The zero-order valence-corrected chi connectivity index (χ0v) is 48.1. The zero-order valence-electron chi connectivity index (χ0n) is 48.1. The van der Waals surface area contributed by atoms with Crippen molar-refractivity contribution in [2.24, 2.45) is 17.8 Å². The van der Waals surface area contributed by atoms with Crippen molar-refractivity contribution < 1.29 is 105 Å². The number of aliphatic hydroxyl groups excluding tert-OH is 12. The van der Waals surface area contributed by atoms with Gasteiger partial charge >= 0.3 is 5.97 Å². The van der Waals surface area contributed by atoms with E-state index in [2.05, 4.69) is 15.6 Å². The van der Waals surface area contributed by atoms with Crippen LogP contribution in [0.3, 0.4) is 0 Å². The fraction of sp³-hybridized carbons (Fsp3) is 0.724. The molecule has 0 aliphatic carbocycles. The van der Waals surface area contributed by atoms with E-state index in [4.69, 9.17) is 23.7 Å². The molecule has 23 atom stereocenters. The third-order valence-corrected chi connectivity index (χ3v) is 16.0. The lowest BCUT2D eigenvalue weighted by molar-refractivity contribution is -0.323. The van der Waals surface area contributed by atoms with Gasteiger partial charge in [0.15, 0.2) is 12.1 Å². The number of hydrazine groups is 1. The molecule has 25 heteroatoms. The average Bonchev–Trinajstić information content (AvgIpc) is 3.08. The first-order valence-corrected chi connectivity index (χ1v) is 28.8. The van der Waals surface area contributed by atoms with Crippen LogP contribution in [0.15, 0.2) is 85.1 Å². The summed E-state index contributed by atoms with van der Waals surface area (Å²) in [6.07, 6.45) is -3.03. The number of amides is 1. The minimum absolute atomic E-state index is 0.129. The van der Waals surface area contributed by atoms with E-state index in [1.54, 1.807) is 91.8 Å². The van der Waals surface area contributed by atoms with Gasteiger partial charge in [0.05, 0.1) is 98.7 Å². The molecule has 5 heterocycles. The van der Waals surface area contributed by atoms with Crippen molar-refractivity contribution in [3.63, 3.8) is 0 Å². The van der Waals surface area contributed by atoms with Crippen molar-refractivity contribution in [1.82, 2.24) is 20.7 Å². The second kappa shape index (κ2) is 33.4. The molecule has 1 amide bonds. The molecular weight excluding hydrogens is 1090 g/mol. The van der Waals surface area contributed by atoms with Crippen molar-refractivity contribution in [2.45, 2.75) is 201 Å². The largest absolute Gasteiger partial charge is 0.462 e. The highest BCUT2D eigenvalue weighted by Gasteiger charge is 2.53. The molecule has 0 aromatic heterocycles. The fourth-order valence-corrected chi connectivity index (χ4v) is 10.7. The zero-order chi connectivity index (χ0) is 61.2. The lowest BCUT2D eigenvalue weighted by Gasteiger charge is -2.47. The van der Waals surface area contributed by atoms with E-state index < -0.39 is 184 Å². The van der Waals surface area contributed by atoms with Gasteiger partial charge in [-0.15, -0.1) is 0 Å². The number of hydrogen-bond donors (Lipinski definition) is 16. The molecule has 0 aromatic rings. The van der Waals surface area contributed by atoms with E-state index in [9.17, 15) is 81.1 Å². The van der Waals surface area contributed by atoms with Crippen LogP contribution in [0.5, 0.6) is 0 Å².